The molecule has 4 rings (SSSR count). The highest BCUT2D eigenvalue weighted by Crippen LogP contribution is 2.31. The van der Waals surface area contributed by atoms with Crippen molar-refractivity contribution in [3.8, 4) is 5.69 Å². The fourth-order valence-corrected chi connectivity index (χ4v) is 2.87. The average molecular weight is 405 g/mol. The first-order valence-electron chi connectivity index (χ1n) is 8.03. The number of rotatable bonds is 3. The molecule has 0 aliphatic heterocycles. The second-order valence-electron chi connectivity index (χ2n) is 5.94. The van der Waals surface area contributed by atoms with Gasteiger partial charge in [0.1, 0.15) is 23.0 Å². The lowest BCUT2D eigenvalue weighted by Crippen LogP contribution is -2.19. The molecule has 3 N–H and O–H groups in total. The Morgan fingerprint density at radius 1 is 1.11 bits per heavy atom. The summed E-state index contributed by atoms with van der Waals surface area (Å²) < 4.78 is 40.3. The number of benzene rings is 2. The van der Waals surface area contributed by atoms with Crippen molar-refractivity contribution in [2.24, 2.45) is 0 Å². The van der Waals surface area contributed by atoms with E-state index in [1.165, 1.54) is 23.0 Å². The highest BCUT2D eigenvalue weighted by Gasteiger charge is 2.30. The van der Waals surface area contributed by atoms with E-state index >= 15 is 0 Å². The lowest BCUT2D eigenvalue weighted by molar-refractivity contribution is -0.137. The first kappa shape index (κ1) is 18.1. The van der Waals surface area contributed by atoms with Gasteiger partial charge >= 0.3 is 6.18 Å². The van der Waals surface area contributed by atoms with E-state index in [2.05, 4.69) is 20.5 Å². The van der Waals surface area contributed by atoms with Crippen LogP contribution in [0.1, 0.15) is 5.56 Å². The Labute approximate surface area is 161 Å². The molecule has 0 aliphatic rings. The number of aromatic amines is 1. The van der Waals surface area contributed by atoms with Gasteiger partial charge in [-0.05, 0) is 42.5 Å². The number of anilines is 2. The van der Waals surface area contributed by atoms with Gasteiger partial charge in [0.05, 0.1) is 5.56 Å². The van der Waals surface area contributed by atoms with E-state index in [0.717, 1.165) is 12.1 Å². The number of fused-ring (bicyclic) bond motifs is 1. The molecule has 6 nitrogen and oxygen atoms in total. The fraction of sp³-hybridized carbons (Fsp3) is 0.0556. The molecule has 0 atom stereocenters. The summed E-state index contributed by atoms with van der Waals surface area (Å²) in [5, 5.41) is 19.0. The summed E-state index contributed by atoms with van der Waals surface area (Å²) in [6.07, 6.45) is -3.00. The van der Waals surface area contributed by atoms with Crippen LogP contribution in [0.4, 0.5) is 24.7 Å². The summed E-state index contributed by atoms with van der Waals surface area (Å²) in [6, 6.07) is 11.6. The molecule has 0 amide bonds. The number of halogens is 4. The molecule has 2 aromatic heterocycles. The van der Waals surface area contributed by atoms with Gasteiger partial charge in [0.2, 0.25) is 0 Å². The van der Waals surface area contributed by atoms with Crippen molar-refractivity contribution in [1.82, 2.24) is 19.7 Å². The Balaban J connectivity index is 1.78. The number of nitrogens with one attached hydrogen (secondary N) is 3. The minimum Gasteiger partial charge on any atom is -0.340 e. The van der Waals surface area contributed by atoms with Gasteiger partial charge < -0.3 is 5.32 Å². The van der Waals surface area contributed by atoms with Crippen LogP contribution in [0.15, 0.2) is 54.9 Å². The lowest BCUT2D eigenvalue weighted by Gasteiger charge is -2.10. The van der Waals surface area contributed by atoms with Crippen LogP contribution in [0.3, 0.4) is 0 Å². The molecule has 4 aromatic rings. The molecule has 28 heavy (non-hydrogen) atoms. The number of H-pyrrole nitrogens is 1. The number of aromatic nitrogens is 4. The van der Waals surface area contributed by atoms with Crippen LogP contribution in [0, 0.1) is 5.41 Å². The zero-order valence-electron chi connectivity index (χ0n) is 14.0. The largest absolute Gasteiger partial charge is 0.416 e. The van der Waals surface area contributed by atoms with Gasteiger partial charge in [-0.25, -0.2) is 4.98 Å². The van der Waals surface area contributed by atoms with E-state index in [4.69, 9.17) is 17.0 Å². The molecular weight excluding hydrogens is 393 g/mol. The average Bonchev–Trinajstić information content (AvgIpc) is 3.06. The fourth-order valence-electron chi connectivity index (χ4n) is 2.75. The number of hydrogen-bond acceptors (Lipinski definition) is 4. The van der Waals surface area contributed by atoms with E-state index in [9.17, 15) is 13.2 Å². The Morgan fingerprint density at radius 2 is 1.86 bits per heavy atom. The second kappa shape index (κ2) is 6.68. The van der Waals surface area contributed by atoms with Crippen LogP contribution in [-0.2, 0) is 6.18 Å². The minimum absolute atomic E-state index is 0.0653. The van der Waals surface area contributed by atoms with Gasteiger partial charge in [0, 0.05) is 16.4 Å². The van der Waals surface area contributed by atoms with E-state index < -0.39 is 11.7 Å². The third-order valence-corrected chi connectivity index (χ3v) is 4.34. The van der Waals surface area contributed by atoms with Gasteiger partial charge in [-0.3, -0.25) is 15.1 Å². The topological polar surface area (TPSA) is 82.4 Å². The van der Waals surface area contributed by atoms with Crippen molar-refractivity contribution in [2.45, 2.75) is 6.18 Å². The second-order valence-corrected chi connectivity index (χ2v) is 6.38. The zero-order valence-corrected chi connectivity index (χ0v) is 14.8. The van der Waals surface area contributed by atoms with Crippen LogP contribution >= 0.6 is 11.6 Å². The van der Waals surface area contributed by atoms with E-state index in [0.29, 0.717) is 16.1 Å². The molecule has 0 spiro atoms. The van der Waals surface area contributed by atoms with Gasteiger partial charge in [0.25, 0.3) is 0 Å². The van der Waals surface area contributed by atoms with Crippen molar-refractivity contribution in [3.05, 3.63) is 70.9 Å². The van der Waals surface area contributed by atoms with Crippen molar-refractivity contribution in [2.75, 3.05) is 5.32 Å². The predicted octanol–water partition coefficient (Wildman–Crippen LogP) is 4.64. The van der Waals surface area contributed by atoms with E-state index in [1.807, 2.05) is 0 Å². The highest BCUT2D eigenvalue weighted by atomic mass is 35.5. The van der Waals surface area contributed by atoms with Gasteiger partial charge in [-0.15, -0.1) is 0 Å². The van der Waals surface area contributed by atoms with Crippen molar-refractivity contribution >= 4 is 34.1 Å². The van der Waals surface area contributed by atoms with Crippen LogP contribution in [-0.4, -0.2) is 19.7 Å². The quantitative estimate of drug-likeness (QED) is 0.465. The minimum atomic E-state index is -4.45. The predicted molar refractivity (Wildman–Crippen MR) is 98.8 cm³/mol. The summed E-state index contributed by atoms with van der Waals surface area (Å²) in [6.45, 7) is 0. The number of nitrogens with zero attached hydrogens (tertiary/aromatic N) is 3. The maximum absolute atomic E-state index is 12.9. The molecule has 0 aliphatic carbocycles. The third kappa shape index (κ3) is 3.31. The standard InChI is InChI=1S/C18H12ClF3N6/c19-11-4-6-13(7-5-11)28-9-24-16-14(15(28)23)17(27-26-16)25-12-3-1-2-10(8-12)18(20,21)22/h1-9,23H,(H2,25,26,27). The summed E-state index contributed by atoms with van der Waals surface area (Å²) in [5.74, 6) is 0.273. The Bertz CT molecular complexity index is 1210. The molecule has 2 aromatic carbocycles. The van der Waals surface area contributed by atoms with Crippen LogP contribution in [0.25, 0.3) is 16.7 Å². The first-order valence-corrected chi connectivity index (χ1v) is 8.41. The molecule has 0 unspecified atom stereocenters. The maximum atomic E-state index is 12.9. The number of hydrogen-bond donors (Lipinski definition) is 3. The molecule has 0 bridgehead atoms. The Morgan fingerprint density at radius 3 is 2.57 bits per heavy atom. The smallest absolute Gasteiger partial charge is 0.340 e. The van der Waals surface area contributed by atoms with Crippen molar-refractivity contribution in [3.63, 3.8) is 0 Å². The molecule has 2 heterocycles. The molecule has 0 saturated carbocycles. The van der Waals surface area contributed by atoms with Gasteiger partial charge in [-0.2, -0.15) is 18.3 Å². The normalized spacial score (nSPS) is 11.7. The van der Waals surface area contributed by atoms with Gasteiger partial charge in [-0.1, -0.05) is 17.7 Å². The van der Waals surface area contributed by atoms with E-state index in [-0.39, 0.29) is 22.6 Å². The molecule has 0 fully saturated rings. The monoisotopic (exact) mass is 404 g/mol. The van der Waals surface area contributed by atoms with Crippen molar-refractivity contribution < 1.29 is 13.2 Å². The SMILES string of the molecule is N=c1c2c(Nc3cccc(C(F)(F)F)c3)[nH]nc2ncn1-c1ccc(Cl)cc1. The summed E-state index contributed by atoms with van der Waals surface area (Å²) >= 11 is 5.90. The Kier molecular flexibility index (Phi) is 4.31. The molecule has 10 heteroatoms. The van der Waals surface area contributed by atoms with Crippen molar-refractivity contribution in [1.29, 1.82) is 5.41 Å². The highest BCUT2D eigenvalue weighted by molar-refractivity contribution is 6.30. The van der Waals surface area contributed by atoms with Gasteiger partial charge in [0.15, 0.2) is 5.65 Å². The summed E-state index contributed by atoms with van der Waals surface area (Å²) in [4.78, 5) is 4.21. The third-order valence-electron chi connectivity index (χ3n) is 4.08. The zero-order chi connectivity index (χ0) is 19.9. The Hall–Kier alpha value is -3.33. The molecular formula is C18H12ClF3N6. The number of alkyl halides is 3. The van der Waals surface area contributed by atoms with Crippen LogP contribution < -0.4 is 10.8 Å². The summed E-state index contributed by atoms with van der Waals surface area (Å²) in [7, 11) is 0. The summed E-state index contributed by atoms with van der Waals surface area (Å²) in [5.41, 5.74) is 0.429. The maximum Gasteiger partial charge on any atom is 0.416 e. The van der Waals surface area contributed by atoms with Crippen LogP contribution in [0.2, 0.25) is 5.02 Å². The first-order chi connectivity index (χ1) is 13.3. The van der Waals surface area contributed by atoms with Crippen LogP contribution in [0.5, 0.6) is 0 Å². The molecule has 142 valence electrons. The molecule has 0 saturated heterocycles. The lowest BCUT2D eigenvalue weighted by atomic mass is 10.2. The molecule has 0 radical (unpaired) electrons. The van der Waals surface area contributed by atoms with E-state index in [1.54, 1.807) is 24.3 Å².